The lowest BCUT2D eigenvalue weighted by Crippen LogP contribution is -2.08. The van der Waals surface area contributed by atoms with Gasteiger partial charge in [0, 0.05) is 54.1 Å². The molecule has 7 heteroatoms. The molecule has 26 heavy (non-hydrogen) atoms. The van der Waals surface area contributed by atoms with Crippen LogP contribution in [0.15, 0.2) is 65.8 Å². The van der Waals surface area contributed by atoms with Crippen molar-refractivity contribution in [3.63, 3.8) is 0 Å². The number of hydrogen-bond acceptors (Lipinski definition) is 5. The number of pyridine rings is 1. The molecule has 0 amide bonds. The van der Waals surface area contributed by atoms with Crippen molar-refractivity contribution in [1.82, 2.24) is 19.4 Å². The first-order valence-electron chi connectivity index (χ1n) is 8.10. The predicted molar refractivity (Wildman–Crippen MR) is 108 cm³/mol. The van der Waals surface area contributed by atoms with Crippen LogP contribution in [0.4, 0.5) is 17.2 Å². The number of rotatable bonds is 4. The second-order valence-electron chi connectivity index (χ2n) is 6.04. The highest BCUT2D eigenvalue weighted by atomic mass is 79.9. The maximum atomic E-state index is 4.78. The Morgan fingerprint density at radius 2 is 1.92 bits per heavy atom. The molecule has 6 nitrogen and oxygen atoms in total. The van der Waals surface area contributed by atoms with Crippen molar-refractivity contribution in [1.29, 1.82) is 0 Å². The van der Waals surface area contributed by atoms with Crippen molar-refractivity contribution in [3.8, 4) is 11.3 Å². The molecule has 4 rings (SSSR count). The average molecular weight is 409 g/mol. The number of nitrogens with zero attached hydrogens (tertiary/aromatic N) is 5. The average Bonchev–Trinajstić information content (AvgIpc) is 3.01. The molecule has 0 aliphatic rings. The van der Waals surface area contributed by atoms with Crippen LogP contribution >= 0.6 is 15.9 Å². The lowest BCUT2D eigenvalue weighted by atomic mass is 10.2. The van der Waals surface area contributed by atoms with Gasteiger partial charge in [0.15, 0.2) is 0 Å². The predicted octanol–water partition coefficient (Wildman–Crippen LogP) is 4.36. The van der Waals surface area contributed by atoms with E-state index < -0.39 is 0 Å². The number of halogens is 1. The van der Waals surface area contributed by atoms with E-state index in [-0.39, 0.29) is 0 Å². The fourth-order valence-electron chi connectivity index (χ4n) is 2.76. The van der Waals surface area contributed by atoms with E-state index in [0.29, 0.717) is 0 Å². The number of fused-ring (bicyclic) bond motifs is 1. The van der Waals surface area contributed by atoms with Gasteiger partial charge in [0.2, 0.25) is 0 Å². The van der Waals surface area contributed by atoms with E-state index in [1.165, 1.54) is 0 Å². The van der Waals surface area contributed by atoms with Gasteiger partial charge in [-0.3, -0.25) is 9.38 Å². The van der Waals surface area contributed by atoms with Gasteiger partial charge in [-0.15, -0.1) is 0 Å². The molecular formula is C19H17BrN6. The largest absolute Gasteiger partial charge is 0.378 e. The lowest BCUT2D eigenvalue weighted by Gasteiger charge is -2.15. The molecule has 0 unspecified atom stereocenters. The molecule has 4 aromatic rings. The SMILES string of the molecule is CN(C)c1cccc(Nc2c(-c3cnccc3Br)nc3ccncn23)c1. The first kappa shape index (κ1) is 16.5. The molecule has 130 valence electrons. The Morgan fingerprint density at radius 1 is 1.08 bits per heavy atom. The lowest BCUT2D eigenvalue weighted by molar-refractivity contribution is 1.09. The van der Waals surface area contributed by atoms with Crippen LogP contribution in [-0.2, 0) is 0 Å². The zero-order chi connectivity index (χ0) is 18.1. The number of nitrogens with one attached hydrogen (secondary N) is 1. The van der Waals surface area contributed by atoms with Gasteiger partial charge in [0.1, 0.15) is 23.5 Å². The fourth-order valence-corrected chi connectivity index (χ4v) is 3.17. The summed E-state index contributed by atoms with van der Waals surface area (Å²) in [5.74, 6) is 0.845. The van der Waals surface area contributed by atoms with Crippen molar-refractivity contribution in [2.45, 2.75) is 0 Å². The first-order chi connectivity index (χ1) is 12.6. The number of imidazole rings is 1. The van der Waals surface area contributed by atoms with Crippen molar-refractivity contribution in [3.05, 3.63) is 65.8 Å². The summed E-state index contributed by atoms with van der Waals surface area (Å²) in [6.07, 6.45) is 7.05. The highest BCUT2D eigenvalue weighted by Gasteiger charge is 2.17. The molecule has 0 aliphatic heterocycles. The second kappa shape index (κ2) is 6.76. The minimum atomic E-state index is 0.813. The van der Waals surface area contributed by atoms with Crippen molar-refractivity contribution < 1.29 is 0 Å². The third-order valence-corrected chi connectivity index (χ3v) is 4.77. The van der Waals surface area contributed by atoms with Crippen LogP contribution in [0.25, 0.3) is 16.9 Å². The zero-order valence-corrected chi connectivity index (χ0v) is 16.0. The van der Waals surface area contributed by atoms with E-state index >= 15 is 0 Å². The Hall–Kier alpha value is -2.93. The van der Waals surface area contributed by atoms with Gasteiger partial charge in [-0.2, -0.15) is 0 Å². The van der Waals surface area contributed by atoms with Gasteiger partial charge in [-0.25, -0.2) is 9.97 Å². The summed E-state index contributed by atoms with van der Waals surface area (Å²) in [6, 6.07) is 12.0. The summed E-state index contributed by atoms with van der Waals surface area (Å²) in [7, 11) is 4.05. The molecule has 0 aliphatic carbocycles. The maximum absolute atomic E-state index is 4.78. The van der Waals surface area contributed by atoms with Gasteiger partial charge in [0.05, 0.1) is 0 Å². The summed E-state index contributed by atoms with van der Waals surface area (Å²) in [5, 5.41) is 3.50. The number of aromatic nitrogens is 4. The van der Waals surface area contributed by atoms with Crippen LogP contribution in [-0.4, -0.2) is 33.4 Å². The van der Waals surface area contributed by atoms with Gasteiger partial charge >= 0.3 is 0 Å². The summed E-state index contributed by atoms with van der Waals surface area (Å²) in [6.45, 7) is 0. The molecule has 0 spiro atoms. The summed E-state index contributed by atoms with van der Waals surface area (Å²) >= 11 is 3.60. The summed E-state index contributed by atoms with van der Waals surface area (Å²) in [4.78, 5) is 15.3. The quantitative estimate of drug-likeness (QED) is 0.543. The van der Waals surface area contributed by atoms with Crippen molar-refractivity contribution in [2.75, 3.05) is 24.3 Å². The molecular weight excluding hydrogens is 392 g/mol. The van der Waals surface area contributed by atoms with Gasteiger partial charge in [-0.05, 0) is 46.3 Å². The minimum absolute atomic E-state index is 0.813. The van der Waals surface area contributed by atoms with E-state index in [2.05, 4.69) is 48.2 Å². The Kier molecular flexibility index (Phi) is 4.30. The summed E-state index contributed by atoms with van der Waals surface area (Å²) < 4.78 is 2.88. The number of hydrogen-bond donors (Lipinski definition) is 1. The normalized spacial score (nSPS) is 10.9. The van der Waals surface area contributed by atoms with Crippen LogP contribution < -0.4 is 10.2 Å². The van der Waals surface area contributed by atoms with Crippen LogP contribution in [0, 0.1) is 0 Å². The maximum Gasteiger partial charge on any atom is 0.144 e. The second-order valence-corrected chi connectivity index (χ2v) is 6.90. The zero-order valence-electron chi connectivity index (χ0n) is 14.4. The van der Waals surface area contributed by atoms with E-state index in [4.69, 9.17) is 4.98 Å². The monoisotopic (exact) mass is 408 g/mol. The van der Waals surface area contributed by atoms with E-state index in [0.717, 1.165) is 38.6 Å². The summed E-state index contributed by atoms with van der Waals surface area (Å²) in [5.41, 5.74) is 4.64. The smallest absolute Gasteiger partial charge is 0.144 e. The molecule has 0 saturated carbocycles. The standard InChI is InChI=1S/C19H17BrN6/c1-25(2)14-5-3-4-13(10-14)23-19-18(15-11-21-8-6-16(15)20)24-17-7-9-22-12-26(17)19/h3-12,23H,1-2H3. The Morgan fingerprint density at radius 3 is 2.73 bits per heavy atom. The minimum Gasteiger partial charge on any atom is -0.378 e. The Labute approximate surface area is 159 Å². The van der Waals surface area contributed by atoms with Gasteiger partial charge in [0.25, 0.3) is 0 Å². The highest BCUT2D eigenvalue weighted by molar-refractivity contribution is 9.10. The van der Waals surface area contributed by atoms with Crippen LogP contribution in [0.2, 0.25) is 0 Å². The van der Waals surface area contributed by atoms with Crippen LogP contribution in [0.1, 0.15) is 0 Å². The van der Waals surface area contributed by atoms with Crippen LogP contribution in [0.3, 0.4) is 0 Å². The number of anilines is 3. The van der Waals surface area contributed by atoms with E-state index in [9.17, 15) is 0 Å². The Bertz CT molecular complexity index is 1070. The molecule has 3 heterocycles. The Balaban J connectivity index is 1.87. The first-order valence-corrected chi connectivity index (χ1v) is 8.89. The molecule has 0 radical (unpaired) electrons. The fraction of sp³-hybridized carbons (Fsp3) is 0.105. The van der Waals surface area contributed by atoms with Crippen molar-refractivity contribution >= 4 is 38.8 Å². The van der Waals surface area contributed by atoms with E-state index in [1.54, 1.807) is 24.9 Å². The van der Waals surface area contributed by atoms with Crippen molar-refractivity contribution in [2.24, 2.45) is 0 Å². The van der Waals surface area contributed by atoms with Gasteiger partial charge < -0.3 is 10.2 Å². The van der Waals surface area contributed by atoms with Crippen LogP contribution in [0.5, 0.6) is 0 Å². The molecule has 0 saturated heterocycles. The molecule has 1 N–H and O–H groups in total. The van der Waals surface area contributed by atoms with Gasteiger partial charge in [-0.1, -0.05) is 6.07 Å². The molecule has 1 aromatic carbocycles. The third-order valence-electron chi connectivity index (χ3n) is 4.08. The molecule has 0 fully saturated rings. The topological polar surface area (TPSA) is 58.3 Å². The molecule has 0 bridgehead atoms. The molecule has 3 aromatic heterocycles. The van der Waals surface area contributed by atoms with E-state index in [1.807, 2.05) is 42.8 Å². The highest BCUT2D eigenvalue weighted by Crippen LogP contribution is 2.35. The number of benzene rings is 1. The molecule has 0 atom stereocenters. The third kappa shape index (κ3) is 3.01.